The summed E-state index contributed by atoms with van der Waals surface area (Å²) in [5.74, 6) is 2.49. The third kappa shape index (κ3) is 4.43. The molecule has 2 heteroatoms. The molecular weight excluding hydrogens is 563 g/mol. The third-order valence-electron chi connectivity index (χ3n) is 12.0. The summed E-state index contributed by atoms with van der Waals surface area (Å²) < 4.78 is 0. The second kappa shape index (κ2) is 11.4. The molecule has 1 heterocycles. The summed E-state index contributed by atoms with van der Waals surface area (Å²) in [6, 6.07) is 23.2. The van der Waals surface area contributed by atoms with E-state index in [1.165, 1.54) is 43.5 Å². The molecule has 0 bridgehead atoms. The summed E-state index contributed by atoms with van der Waals surface area (Å²) in [5, 5.41) is 1.39. The maximum Gasteiger partial charge on any atom is 0.0556 e. The van der Waals surface area contributed by atoms with Crippen molar-refractivity contribution in [1.82, 2.24) is 0 Å². The fourth-order valence-corrected chi connectivity index (χ4v) is 12.2. The lowest BCUT2D eigenvalue weighted by Gasteiger charge is -2.47. The Morgan fingerprint density at radius 2 is 1.62 bits per heavy atom. The van der Waals surface area contributed by atoms with Crippen LogP contribution in [0.2, 0.25) is 0 Å². The maximum absolute atomic E-state index is 2.72. The van der Waals surface area contributed by atoms with Gasteiger partial charge in [-0.15, -0.1) is 0 Å². The fraction of sp³-hybridized carbons (Fsp3) is 0.349. The van der Waals surface area contributed by atoms with Crippen LogP contribution in [0.3, 0.4) is 0 Å². The highest BCUT2D eigenvalue weighted by atomic mass is 32.2. The van der Waals surface area contributed by atoms with E-state index in [0.717, 1.165) is 18.8 Å². The number of allylic oxidation sites excluding steroid dienone is 14. The summed E-state index contributed by atoms with van der Waals surface area (Å²) in [4.78, 5) is 2.65. The zero-order valence-corrected chi connectivity index (χ0v) is 26.9. The second-order valence-electron chi connectivity index (χ2n) is 14.0. The molecule has 1 fully saturated rings. The van der Waals surface area contributed by atoms with Crippen molar-refractivity contribution < 1.29 is 0 Å². The van der Waals surface area contributed by atoms with Crippen molar-refractivity contribution in [2.45, 2.75) is 66.9 Å². The lowest BCUT2D eigenvalue weighted by molar-refractivity contribution is 0.244. The first kappa shape index (κ1) is 27.8. The quantitative estimate of drug-likeness (QED) is 0.312. The molecule has 7 aliphatic rings. The molecular formula is C43H43NS. The number of para-hydroxylation sites is 1. The standard InChI is InChI=1S/C43H43NS/c1-4-14-30(15-5-1)43(39-22-12-10-20-35(39)36-21-11-13-23-40(36)43)31-24-26-37-38-27-25-34(29-42(38)45-41(37)28-31)44(32-16-6-2-7-17-32)33-18-8-3-9-19-33/h1-12,14-18,20-21,24-26,31,33,37-39,41-42H,13,19,22-23,27-29H2. The van der Waals surface area contributed by atoms with Gasteiger partial charge in [0.25, 0.3) is 0 Å². The van der Waals surface area contributed by atoms with Gasteiger partial charge in [0.2, 0.25) is 0 Å². The van der Waals surface area contributed by atoms with Gasteiger partial charge in [-0.2, -0.15) is 11.8 Å². The first-order chi connectivity index (χ1) is 22.3. The molecule has 1 aliphatic heterocycles. The van der Waals surface area contributed by atoms with E-state index in [4.69, 9.17) is 0 Å². The predicted molar refractivity (Wildman–Crippen MR) is 191 cm³/mol. The number of thioether (sulfide) groups is 1. The van der Waals surface area contributed by atoms with Crippen LogP contribution in [0.1, 0.15) is 50.5 Å². The molecule has 1 saturated heterocycles. The molecule has 8 unspecified atom stereocenters. The van der Waals surface area contributed by atoms with Crippen molar-refractivity contribution >= 4 is 17.4 Å². The Hall–Kier alpha value is -3.49. The Kier molecular flexibility index (Phi) is 7.03. The lowest BCUT2D eigenvalue weighted by atomic mass is 9.56. The van der Waals surface area contributed by atoms with Gasteiger partial charge >= 0.3 is 0 Å². The zero-order chi connectivity index (χ0) is 29.8. The van der Waals surface area contributed by atoms with Crippen LogP contribution in [-0.2, 0) is 5.41 Å². The minimum absolute atomic E-state index is 0.0576. The minimum Gasteiger partial charge on any atom is -0.338 e. The van der Waals surface area contributed by atoms with Crippen LogP contribution in [0.5, 0.6) is 0 Å². The van der Waals surface area contributed by atoms with Gasteiger partial charge in [0.15, 0.2) is 0 Å². The fourth-order valence-electron chi connectivity index (χ4n) is 10.2. The van der Waals surface area contributed by atoms with E-state index in [-0.39, 0.29) is 5.41 Å². The number of nitrogens with zero attached hydrogens (tertiary/aromatic N) is 1. The van der Waals surface area contributed by atoms with Gasteiger partial charge in [0, 0.05) is 33.2 Å². The Labute approximate surface area is 273 Å². The zero-order valence-electron chi connectivity index (χ0n) is 26.0. The summed E-state index contributed by atoms with van der Waals surface area (Å²) in [6.07, 6.45) is 37.5. The number of hydrogen-bond donors (Lipinski definition) is 0. The lowest BCUT2D eigenvalue weighted by Crippen LogP contribution is -2.44. The van der Waals surface area contributed by atoms with E-state index >= 15 is 0 Å². The number of fused-ring (bicyclic) bond motifs is 5. The predicted octanol–water partition coefficient (Wildman–Crippen LogP) is 10.4. The average molecular weight is 606 g/mol. The molecule has 6 aliphatic carbocycles. The van der Waals surface area contributed by atoms with Gasteiger partial charge in [0.05, 0.1) is 6.04 Å². The smallest absolute Gasteiger partial charge is 0.0556 e. The molecule has 0 N–H and O–H groups in total. The van der Waals surface area contributed by atoms with E-state index < -0.39 is 0 Å². The van der Waals surface area contributed by atoms with Crippen LogP contribution in [0.15, 0.2) is 156 Å². The Morgan fingerprint density at radius 3 is 2.47 bits per heavy atom. The van der Waals surface area contributed by atoms with Crippen molar-refractivity contribution in [2.24, 2.45) is 23.7 Å². The van der Waals surface area contributed by atoms with E-state index in [1.807, 2.05) is 0 Å². The Balaban J connectivity index is 1.03. The van der Waals surface area contributed by atoms with E-state index in [0.29, 0.717) is 34.3 Å². The molecule has 0 radical (unpaired) electrons. The van der Waals surface area contributed by atoms with Crippen LogP contribution in [0.25, 0.3) is 0 Å². The molecule has 45 heavy (non-hydrogen) atoms. The van der Waals surface area contributed by atoms with Gasteiger partial charge in [-0.25, -0.2) is 0 Å². The van der Waals surface area contributed by atoms with Crippen molar-refractivity contribution in [2.75, 3.05) is 4.90 Å². The molecule has 1 nitrogen and oxygen atoms in total. The highest BCUT2D eigenvalue weighted by Gasteiger charge is 2.57. The molecule has 0 amide bonds. The number of benzene rings is 2. The first-order valence-corrected chi connectivity index (χ1v) is 18.3. The van der Waals surface area contributed by atoms with E-state index in [2.05, 4.69) is 150 Å². The normalized spacial score (nSPS) is 35.8. The molecule has 8 atom stereocenters. The summed E-state index contributed by atoms with van der Waals surface area (Å²) >= 11 is 2.35. The van der Waals surface area contributed by atoms with E-state index in [9.17, 15) is 0 Å². The topological polar surface area (TPSA) is 3.24 Å². The minimum atomic E-state index is 0.0576. The van der Waals surface area contributed by atoms with Crippen LogP contribution < -0.4 is 4.90 Å². The van der Waals surface area contributed by atoms with Crippen LogP contribution in [0.4, 0.5) is 5.69 Å². The van der Waals surface area contributed by atoms with Gasteiger partial charge in [0.1, 0.15) is 0 Å². The van der Waals surface area contributed by atoms with Crippen molar-refractivity contribution in [1.29, 1.82) is 0 Å². The first-order valence-electron chi connectivity index (χ1n) is 17.4. The highest BCUT2D eigenvalue weighted by Crippen LogP contribution is 2.64. The monoisotopic (exact) mass is 605 g/mol. The van der Waals surface area contributed by atoms with Crippen LogP contribution in [0, 0.1) is 23.7 Å². The Morgan fingerprint density at radius 1 is 0.778 bits per heavy atom. The number of hydrogen-bond acceptors (Lipinski definition) is 2. The van der Waals surface area contributed by atoms with Gasteiger partial charge in [-0.3, -0.25) is 0 Å². The van der Waals surface area contributed by atoms with Gasteiger partial charge < -0.3 is 4.90 Å². The summed E-state index contributed by atoms with van der Waals surface area (Å²) in [7, 11) is 0. The second-order valence-corrected chi connectivity index (χ2v) is 15.5. The highest BCUT2D eigenvalue weighted by molar-refractivity contribution is 8.00. The molecule has 0 saturated carbocycles. The summed E-state index contributed by atoms with van der Waals surface area (Å²) in [6.45, 7) is 0. The van der Waals surface area contributed by atoms with Gasteiger partial charge in [-0.1, -0.05) is 127 Å². The largest absolute Gasteiger partial charge is 0.338 e. The summed E-state index contributed by atoms with van der Waals surface area (Å²) in [5.41, 5.74) is 9.34. The van der Waals surface area contributed by atoms with Crippen LogP contribution in [-0.4, -0.2) is 16.5 Å². The van der Waals surface area contributed by atoms with E-state index in [1.54, 1.807) is 22.3 Å². The third-order valence-corrected chi connectivity index (χ3v) is 13.7. The number of rotatable bonds is 5. The molecule has 2 aromatic carbocycles. The van der Waals surface area contributed by atoms with Crippen molar-refractivity contribution in [3.8, 4) is 0 Å². The molecule has 0 spiro atoms. The van der Waals surface area contributed by atoms with Gasteiger partial charge in [-0.05, 0) is 91.5 Å². The SMILES string of the molecule is C1=CCC(N(C2=CCC3C(C2)SC2CC(C4(c5ccccc5)C5=C(C=CCC5)C5=CC=CCC54)C=CC23)c2ccccc2)C=C1. The number of anilines is 1. The van der Waals surface area contributed by atoms with Crippen LogP contribution >= 0.6 is 11.8 Å². The van der Waals surface area contributed by atoms with Crippen molar-refractivity contribution in [3.05, 3.63) is 162 Å². The maximum atomic E-state index is 2.72. The average Bonchev–Trinajstić information content (AvgIpc) is 3.63. The van der Waals surface area contributed by atoms with Crippen molar-refractivity contribution in [3.63, 3.8) is 0 Å². The Bertz CT molecular complexity index is 1700. The molecule has 9 rings (SSSR count). The molecule has 226 valence electrons. The molecule has 2 aromatic rings. The molecule has 0 aromatic heterocycles.